The van der Waals surface area contributed by atoms with Crippen molar-refractivity contribution in [3.8, 4) is 11.5 Å². The summed E-state index contributed by atoms with van der Waals surface area (Å²) < 4.78 is 12.7. The third kappa shape index (κ3) is 4.16. The van der Waals surface area contributed by atoms with Crippen molar-refractivity contribution in [3.63, 3.8) is 0 Å². The Kier molecular flexibility index (Phi) is 5.52. The third-order valence-corrected chi connectivity index (χ3v) is 4.43. The number of hydrogen-bond acceptors (Lipinski definition) is 7. The van der Waals surface area contributed by atoms with E-state index in [0.29, 0.717) is 37.2 Å². The van der Waals surface area contributed by atoms with Crippen molar-refractivity contribution in [2.45, 2.75) is 25.0 Å². The number of aromatic nitrogens is 4. The Balaban J connectivity index is 1.42. The van der Waals surface area contributed by atoms with Crippen LogP contribution in [0.2, 0.25) is 0 Å². The van der Waals surface area contributed by atoms with Gasteiger partial charge >= 0.3 is 0 Å². The second-order valence-corrected chi connectivity index (χ2v) is 6.09. The fourth-order valence-corrected chi connectivity index (χ4v) is 3.04. The van der Waals surface area contributed by atoms with Crippen molar-refractivity contribution in [1.29, 1.82) is 0 Å². The Hall–Kier alpha value is -2.29. The van der Waals surface area contributed by atoms with Crippen LogP contribution in [0.25, 0.3) is 0 Å². The minimum absolute atomic E-state index is 0.0387. The first-order valence-corrected chi connectivity index (χ1v) is 8.79. The number of benzene rings is 1. The number of ether oxygens (including phenoxy) is 2. The molecule has 0 radical (unpaired) electrons. The van der Waals surface area contributed by atoms with Crippen LogP contribution in [0.15, 0.2) is 23.4 Å². The summed E-state index contributed by atoms with van der Waals surface area (Å²) >= 11 is 1.33. The molecule has 1 aromatic carbocycles. The van der Waals surface area contributed by atoms with Gasteiger partial charge in [0.25, 0.3) is 0 Å². The molecule has 0 saturated carbocycles. The SMILES string of the molecule is CCn1nnnc1SCC(=O)NCCc1ccc2c(c1)OCCO2. The summed E-state index contributed by atoms with van der Waals surface area (Å²) in [6.07, 6.45) is 0.736. The molecule has 0 atom stereocenters. The molecule has 0 spiro atoms. The molecule has 2 heterocycles. The predicted molar refractivity (Wildman–Crippen MR) is 88.4 cm³/mol. The first-order valence-electron chi connectivity index (χ1n) is 7.80. The molecule has 0 fully saturated rings. The van der Waals surface area contributed by atoms with E-state index >= 15 is 0 Å². The van der Waals surface area contributed by atoms with Gasteiger partial charge in [-0.05, 0) is 41.5 Å². The van der Waals surface area contributed by atoms with Crippen LogP contribution in [-0.2, 0) is 17.8 Å². The predicted octanol–water partition coefficient (Wildman–Crippen LogP) is 0.915. The van der Waals surface area contributed by atoms with E-state index in [9.17, 15) is 4.79 Å². The number of thioether (sulfide) groups is 1. The van der Waals surface area contributed by atoms with Crippen LogP contribution in [0.5, 0.6) is 11.5 Å². The average molecular weight is 349 g/mol. The maximum Gasteiger partial charge on any atom is 0.230 e. The van der Waals surface area contributed by atoms with Gasteiger partial charge in [0.2, 0.25) is 11.1 Å². The molecule has 9 heteroatoms. The molecular formula is C15H19N5O3S. The molecule has 3 rings (SSSR count). The number of tetrazole rings is 1. The highest BCUT2D eigenvalue weighted by Gasteiger charge is 2.12. The number of amides is 1. The monoisotopic (exact) mass is 349 g/mol. The van der Waals surface area contributed by atoms with E-state index in [0.717, 1.165) is 23.5 Å². The molecule has 8 nitrogen and oxygen atoms in total. The van der Waals surface area contributed by atoms with E-state index in [4.69, 9.17) is 9.47 Å². The fraction of sp³-hybridized carbons (Fsp3) is 0.467. The van der Waals surface area contributed by atoms with Gasteiger partial charge in [0.05, 0.1) is 5.75 Å². The molecule has 1 aliphatic heterocycles. The maximum atomic E-state index is 11.9. The van der Waals surface area contributed by atoms with E-state index in [2.05, 4.69) is 20.8 Å². The van der Waals surface area contributed by atoms with E-state index in [-0.39, 0.29) is 5.91 Å². The Morgan fingerprint density at radius 1 is 1.33 bits per heavy atom. The standard InChI is InChI=1S/C15H19N5O3S/c1-2-20-15(17-18-19-20)24-10-14(21)16-6-5-11-3-4-12-13(9-11)23-8-7-22-12/h3-4,9H,2,5-8,10H2,1H3,(H,16,21). The van der Waals surface area contributed by atoms with E-state index in [1.165, 1.54) is 11.8 Å². The molecule has 0 saturated heterocycles. The van der Waals surface area contributed by atoms with Crippen molar-refractivity contribution in [1.82, 2.24) is 25.5 Å². The minimum atomic E-state index is -0.0387. The summed E-state index contributed by atoms with van der Waals surface area (Å²) in [5.41, 5.74) is 1.10. The van der Waals surface area contributed by atoms with Gasteiger partial charge < -0.3 is 14.8 Å². The number of rotatable bonds is 7. The first-order chi connectivity index (χ1) is 11.8. The normalized spacial score (nSPS) is 12.9. The molecule has 128 valence electrons. The molecule has 1 aromatic heterocycles. The van der Waals surface area contributed by atoms with Crippen LogP contribution in [0, 0.1) is 0 Å². The number of carbonyl (C=O) groups excluding carboxylic acids is 1. The van der Waals surface area contributed by atoms with Gasteiger partial charge in [-0.3, -0.25) is 4.79 Å². The van der Waals surface area contributed by atoms with Gasteiger partial charge in [0.1, 0.15) is 13.2 Å². The highest BCUT2D eigenvalue weighted by Crippen LogP contribution is 2.30. The van der Waals surface area contributed by atoms with Gasteiger partial charge in [0.15, 0.2) is 11.5 Å². The lowest BCUT2D eigenvalue weighted by Gasteiger charge is -2.18. The molecule has 24 heavy (non-hydrogen) atoms. The van der Waals surface area contributed by atoms with Crippen molar-refractivity contribution in [2.75, 3.05) is 25.5 Å². The molecule has 0 bridgehead atoms. The maximum absolute atomic E-state index is 11.9. The highest BCUT2D eigenvalue weighted by molar-refractivity contribution is 7.99. The summed E-state index contributed by atoms with van der Waals surface area (Å²) in [6.45, 7) is 4.36. The van der Waals surface area contributed by atoms with Gasteiger partial charge in [0, 0.05) is 13.1 Å². The van der Waals surface area contributed by atoms with Gasteiger partial charge in [-0.15, -0.1) is 5.10 Å². The van der Waals surface area contributed by atoms with Crippen LogP contribution in [-0.4, -0.2) is 51.6 Å². The zero-order valence-electron chi connectivity index (χ0n) is 13.4. The topological polar surface area (TPSA) is 91.2 Å². The van der Waals surface area contributed by atoms with E-state index in [1.54, 1.807) is 4.68 Å². The second kappa shape index (κ2) is 8.00. The van der Waals surface area contributed by atoms with Gasteiger partial charge in [-0.1, -0.05) is 17.8 Å². The van der Waals surface area contributed by atoms with Gasteiger partial charge in [-0.2, -0.15) is 0 Å². The third-order valence-electron chi connectivity index (χ3n) is 3.47. The quantitative estimate of drug-likeness (QED) is 0.743. The number of nitrogens with zero attached hydrogens (tertiary/aromatic N) is 4. The van der Waals surface area contributed by atoms with Crippen LogP contribution in [0.3, 0.4) is 0 Å². The molecular weight excluding hydrogens is 330 g/mol. The van der Waals surface area contributed by atoms with Crippen LogP contribution >= 0.6 is 11.8 Å². The van der Waals surface area contributed by atoms with Gasteiger partial charge in [-0.25, -0.2) is 4.68 Å². The lowest BCUT2D eigenvalue weighted by Crippen LogP contribution is -2.27. The molecule has 1 amide bonds. The number of nitrogens with one attached hydrogen (secondary N) is 1. The summed E-state index contributed by atoms with van der Waals surface area (Å²) in [4.78, 5) is 11.9. The fourth-order valence-electron chi connectivity index (χ4n) is 2.27. The number of fused-ring (bicyclic) bond motifs is 1. The Morgan fingerprint density at radius 2 is 2.17 bits per heavy atom. The van der Waals surface area contributed by atoms with Crippen molar-refractivity contribution in [2.24, 2.45) is 0 Å². The zero-order chi connectivity index (χ0) is 16.8. The number of carbonyl (C=O) groups is 1. The minimum Gasteiger partial charge on any atom is -0.486 e. The number of hydrogen-bond donors (Lipinski definition) is 1. The zero-order valence-corrected chi connectivity index (χ0v) is 14.2. The van der Waals surface area contributed by atoms with Crippen molar-refractivity contribution >= 4 is 17.7 Å². The van der Waals surface area contributed by atoms with E-state index in [1.807, 2.05) is 25.1 Å². The lowest BCUT2D eigenvalue weighted by molar-refractivity contribution is -0.118. The largest absolute Gasteiger partial charge is 0.486 e. The smallest absolute Gasteiger partial charge is 0.230 e. The summed E-state index contributed by atoms with van der Waals surface area (Å²) in [5, 5.41) is 14.9. The molecule has 0 aliphatic carbocycles. The molecule has 0 unspecified atom stereocenters. The Morgan fingerprint density at radius 3 is 3.00 bits per heavy atom. The second-order valence-electron chi connectivity index (χ2n) is 5.14. The van der Waals surface area contributed by atoms with Crippen molar-refractivity contribution < 1.29 is 14.3 Å². The van der Waals surface area contributed by atoms with Crippen molar-refractivity contribution in [3.05, 3.63) is 23.8 Å². The summed E-state index contributed by atoms with van der Waals surface area (Å²) in [5.74, 6) is 1.80. The molecule has 1 N–H and O–H groups in total. The number of aryl methyl sites for hydroxylation is 1. The Labute approximate surface area is 143 Å². The van der Waals surface area contributed by atoms with E-state index < -0.39 is 0 Å². The summed E-state index contributed by atoms with van der Waals surface area (Å²) in [7, 11) is 0. The van der Waals surface area contributed by atoms with Crippen LogP contribution < -0.4 is 14.8 Å². The van der Waals surface area contributed by atoms with Crippen LogP contribution in [0.1, 0.15) is 12.5 Å². The Bertz CT molecular complexity index is 706. The first kappa shape index (κ1) is 16.6. The molecule has 2 aromatic rings. The highest BCUT2D eigenvalue weighted by atomic mass is 32.2. The lowest BCUT2D eigenvalue weighted by atomic mass is 10.1. The average Bonchev–Trinajstić information content (AvgIpc) is 3.07. The summed E-state index contributed by atoms with van der Waals surface area (Å²) in [6, 6.07) is 5.86. The van der Waals surface area contributed by atoms with Crippen LogP contribution in [0.4, 0.5) is 0 Å². The molecule has 1 aliphatic rings.